The van der Waals surface area contributed by atoms with Crippen LogP contribution in [0.3, 0.4) is 0 Å². The van der Waals surface area contributed by atoms with Gasteiger partial charge in [0.1, 0.15) is 24.7 Å². The van der Waals surface area contributed by atoms with Gasteiger partial charge in [0.15, 0.2) is 0 Å². The van der Waals surface area contributed by atoms with E-state index < -0.39 is 0 Å². The number of ether oxygens (including phenoxy) is 2. The van der Waals surface area contributed by atoms with Crippen LogP contribution in [0.4, 0.5) is 0 Å². The van der Waals surface area contributed by atoms with Crippen molar-refractivity contribution in [1.29, 1.82) is 0 Å². The molecule has 5 nitrogen and oxygen atoms in total. The minimum absolute atomic E-state index is 0.751. The minimum Gasteiger partial charge on any atom is -0.492 e. The second kappa shape index (κ2) is 7.41. The van der Waals surface area contributed by atoms with Crippen LogP contribution in [0.5, 0.6) is 11.5 Å². The SMILES string of the molecule is c1cc2c(cc1OCCN1CCC1)[nH]c1ccc(OCCN3CCC3)cc12. The van der Waals surface area contributed by atoms with Crippen molar-refractivity contribution < 1.29 is 9.47 Å². The summed E-state index contributed by atoms with van der Waals surface area (Å²) in [4.78, 5) is 8.35. The number of H-pyrrole nitrogens is 1. The molecule has 0 radical (unpaired) electrons. The van der Waals surface area contributed by atoms with Gasteiger partial charge < -0.3 is 14.5 Å². The lowest BCUT2D eigenvalue weighted by Crippen LogP contribution is -2.39. The van der Waals surface area contributed by atoms with Crippen LogP contribution < -0.4 is 9.47 Å². The van der Waals surface area contributed by atoms with Crippen molar-refractivity contribution in [2.75, 3.05) is 52.5 Å². The van der Waals surface area contributed by atoms with Gasteiger partial charge in [0, 0.05) is 35.4 Å². The number of hydrogen-bond acceptors (Lipinski definition) is 4. The molecule has 2 fully saturated rings. The Kier molecular flexibility index (Phi) is 4.64. The highest BCUT2D eigenvalue weighted by Crippen LogP contribution is 2.31. The number of nitrogens with one attached hydrogen (secondary N) is 1. The highest BCUT2D eigenvalue weighted by Gasteiger charge is 2.14. The third-order valence-electron chi connectivity index (χ3n) is 5.79. The number of nitrogens with zero attached hydrogens (tertiary/aromatic N) is 2. The minimum atomic E-state index is 0.751. The van der Waals surface area contributed by atoms with Crippen LogP contribution in [0.15, 0.2) is 36.4 Å². The van der Waals surface area contributed by atoms with Crippen LogP contribution in [0.25, 0.3) is 21.8 Å². The predicted octanol–water partition coefficient (Wildman–Crippen LogP) is 3.49. The third kappa shape index (κ3) is 3.62. The molecule has 2 saturated heterocycles. The van der Waals surface area contributed by atoms with Gasteiger partial charge in [-0.3, -0.25) is 9.80 Å². The molecule has 5 heteroatoms. The summed E-state index contributed by atoms with van der Waals surface area (Å²) >= 11 is 0. The Morgan fingerprint density at radius 1 is 0.704 bits per heavy atom. The normalized spacial score (nSPS) is 17.8. The summed E-state index contributed by atoms with van der Waals surface area (Å²) < 4.78 is 11.9. The summed E-state index contributed by atoms with van der Waals surface area (Å²) in [6.07, 6.45) is 2.65. The van der Waals surface area contributed by atoms with Gasteiger partial charge in [0.05, 0.1) is 5.52 Å². The zero-order valence-corrected chi connectivity index (χ0v) is 15.7. The predicted molar refractivity (Wildman–Crippen MR) is 109 cm³/mol. The highest BCUT2D eigenvalue weighted by molar-refractivity contribution is 6.08. The number of fused-ring (bicyclic) bond motifs is 3. The van der Waals surface area contributed by atoms with Gasteiger partial charge in [-0.05, 0) is 69.4 Å². The van der Waals surface area contributed by atoms with E-state index in [0.29, 0.717) is 0 Å². The van der Waals surface area contributed by atoms with Crippen molar-refractivity contribution in [2.45, 2.75) is 12.8 Å². The topological polar surface area (TPSA) is 40.7 Å². The first-order valence-corrected chi connectivity index (χ1v) is 10.1. The molecule has 0 atom stereocenters. The van der Waals surface area contributed by atoms with Gasteiger partial charge in [0.25, 0.3) is 0 Å². The van der Waals surface area contributed by atoms with E-state index in [0.717, 1.165) is 48.8 Å². The molecule has 142 valence electrons. The molecule has 1 aromatic heterocycles. The maximum Gasteiger partial charge on any atom is 0.121 e. The quantitative estimate of drug-likeness (QED) is 0.663. The summed E-state index contributed by atoms with van der Waals surface area (Å²) in [5.41, 5.74) is 2.25. The number of likely N-dealkylation sites (tertiary alicyclic amines) is 2. The fourth-order valence-electron chi connectivity index (χ4n) is 3.84. The standard InChI is InChI=1S/C22H27N3O2/c1-7-24(8-1)11-13-26-17-4-6-21-20(15-17)19-5-3-18(16-22(19)23-21)27-14-12-25-9-2-10-25/h3-6,15-16,23H,1-2,7-14H2. The Morgan fingerprint density at radius 2 is 1.33 bits per heavy atom. The molecule has 0 unspecified atom stereocenters. The maximum absolute atomic E-state index is 5.97. The molecule has 3 heterocycles. The fraction of sp³-hybridized carbons (Fsp3) is 0.455. The molecule has 2 aliphatic heterocycles. The monoisotopic (exact) mass is 365 g/mol. The van der Waals surface area contributed by atoms with Crippen molar-refractivity contribution >= 4 is 21.8 Å². The highest BCUT2D eigenvalue weighted by atomic mass is 16.5. The second-order valence-electron chi connectivity index (χ2n) is 7.63. The molecule has 0 bridgehead atoms. The van der Waals surface area contributed by atoms with Crippen LogP contribution in [0.1, 0.15) is 12.8 Å². The number of rotatable bonds is 8. The van der Waals surface area contributed by atoms with Crippen molar-refractivity contribution in [3.05, 3.63) is 36.4 Å². The van der Waals surface area contributed by atoms with Crippen LogP contribution in [-0.4, -0.2) is 67.3 Å². The van der Waals surface area contributed by atoms with Gasteiger partial charge in [0.2, 0.25) is 0 Å². The second-order valence-corrected chi connectivity index (χ2v) is 7.63. The lowest BCUT2D eigenvalue weighted by molar-refractivity contribution is 0.147. The van der Waals surface area contributed by atoms with Gasteiger partial charge in [-0.2, -0.15) is 0 Å². The Bertz CT molecular complexity index is 928. The average Bonchev–Trinajstić information content (AvgIpc) is 2.96. The molecule has 2 aliphatic rings. The molecular formula is C22H27N3O2. The van der Waals surface area contributed by atoms with E-state index in [9.17, 15) is 0 Å². The van der Waals surface area contributed by atoms with E-state index in [2.05, 4.69) is 51.2 Å². The zero-order chi connectivity index (χ0) is 18.1. The summed E-state index contributed by atoms with van der Waals surface area (Å²) in [7, 11) is 0. The van der Waals surface area contributed by atoms with Crippen molar-refractivity contribution in [3.63, 3.8) is 0 Å². The largest absolute Gasteiger partial charge is 0.492 e. The first-order chi connectivity index (χ1) is 13.3. The molecule has 1 N–H and O–H groups in total. The molecule has 0 spiro atoms. The van der Waals surface area contributed by atoms with E-state index in [1.54, 1.807) is 0 Å². The molecule has 3 aromatic rings. The van der Waals surface area contributed by atoms with Gasteiger partial charge in [-0.25, -0.2) is 0 Å². The van der Waals surface area contributed by atoms with Crippen LogP contribution in [0, 0.1) is 0 Å². The molecule has 0 aliphatic carbocycles. The van der Waals surface area contributed by atoms with Crippen molar-refractivity contribution in [3.8, 4) is 11.5 Å². The number of aromatic nitrogens is 1. The van der Waals surface area contributed by atoms with Crippen molar-refractivity contribution in [2.24, 2.45) is 0 Å². The summed E-state index contributed by atoms with van der Waals surface area (Å²) in [5.74, 6) is 1.87. The summed E-state index contributed by atoms with van der Waals surface area (Å²) in [5, 5.41) is 2.42. The van der Waals surface area contributed by atoms with E-state index >= 15 is 0 Å². The van der Waals surface area contributed by atoms with Crippen LogP contribution in [0.2, 0.25) is 0 Å². The molecule has 2 aromatic carbocycles. The number of aromatic amines is 1. The lowest BCUT2D eigenvalue weighted by atomic mass is 10.1. The first-order valence-electron chi connectivity index (χ1n) is 10.1. The zero-order valence-electron chi connectivity index (χ0n) is 15.7. The number of benzene rings is 2. The first kappa shape index (κ1) is 16.9. The molecule has 0 amide bonds. The Labute approximate surface area is 159 Å². The van der Waals surface area contributed by atoms with Gasteiger partial charge >= 0.3 is 0 Å². The summed E-state index contributed by atoms with van der Waals surface area (Å²) in [6, 6.07) is 12.6. The lowest BCUT2D eigenvalue weighted by Gasteiger charge is -2.30. The summed E-state index contributed by atoms with van der Waals surface area (Å²) in [6.45, 7) is 8.40. The van der Waals surface area contributed by atoms with Crippen LogP contribution >= 0.6 is 0 Å². The van der Waals surface area contributed by atoms with E-state index in [1.807, 2.05) is 0 Å². The van der Waals surface area contributed by atoms with Gasteiger partial charge in [-0.15, -0.1) is 0 Å². The fourth-order valence-corrected chi connectivity index (χ4v) is 3.84. The molecular weight excluding hydrogens is 338 g/mol. The smallest absolute Gasteiger partial charge is 0.121 e. The van der Waals surface area contributed by atoms with Crippen LogP contribution in [-0.2, 0) is 0 Å². The Hall–Kier alpha value is -2.24. The Balaban J connectivity index is 1.27. The van der Waals surface area contributed by atoms with E-state index in [4.69, 9.17) is 9.47 Å². The van der Waals surface area contributed by atoms with E-state index in [-0.39, 0.29) is 0 Å². The molecule has 0 saturated carbocycles. The number of hydrogen-bond donors (Lipinski definition) is 1. The molecule has 5 rings (SSSR count). The third-order valence-corrected chi connectivity index (χ3v) is 5.79. The average molecular weight is 365 g/mol. The maximum atomic E-state index is 5.97. The van der Waals surface area contributed by atoms with Crippen molar-refractivity contribution in [1.82, 2.24) is 14.8 Å². The Morgan fingerprint density at radius 3 is 1.96 bits per heavy atom. The van der Waals surface area contributed by atoms with E-state index in [1.165, 1.54) is 49.8 Å². The molecule has 27 heavy (non-hydrogen) atoms. The van der Waals surface area contributed by atoms with Gasteiger partial charge in [-0.1, -0.05) is 0 Å².